The molecular weight excluding hydrogens is 469 g/mol. The van der Waals surface area contributed by atoms with E-state index in [9.17, 15) is 32.7 Å². The van der Waals surface area contributed by atoms with Gasteiger partial charge < -0.3 is 15.7 Å². The molecule has 2 aromatic carbocycles. The van der Waals surface area contributed by atoms with Gasteiger partial charge in [0.25, 0.3) is 5.91 Å². The van der Waals surface area contributed by atoms with Gasteiger partial charge in [-0.2, -0.15) is 13.2 Å². The Balaban J connectivity index is 1.71. The van der Waals surface area contributed by atoms with Crippen LogP contribution in [0.2, 0.25) is 0 Å². The van der Waals surface area contributed by atoms with Gasteiger partial charge in [0, 0.05) is 13.0 Å². The Hall–Kier alpha value is -3.66. The van der Waals surface area contributed by atoms with Crippen LogP contribution in [0.3, 0.4) is 0 Å². The third-order valence-corrected chi connectivity index (χ3v) is 6.22. The van der Waals surface area contributed by atoms with E-state index in [1.54, 1.807) is 0 Å². The van der Waals surface area contributed by atoms with Crippen molar-refractivity contribution in [1.29, 1.82) is 0 Å². The van der Waals surface area contributed by atoms with Crippen LogP contribution in [0.1, 0.15) is 48.7 Å². The number of alkyl halides is 3. The highest BCUT2D eigenvalue weighted by Crippen LogP contribution is 2.33. The largest absolute Gasteiger partial charge is 0.478 e. The number of nitrogens with one attached hydrogen (secondary N) is 2. The molecule has 0 saturated heterocycles. The number of amides is 2. The summed E-state index contributed by atoms with van der Waals surface area (Å²) in [4.78, 5) is 36.9. The Morgan fingerprint density at radius 3 is 2.32 bits per heavy atom. The number of rotatable bonds is 8. The zero-order chi connectivity index (χ0) is 24.9. The third kappa shape index (κ3) is 6.22. The van der Waals surface area contributed by atoms with Crippen LogP contribution in [-0.2, 0) is 23.9 Å². The number of carboxylic acids is 1. The minimum absolute atomic E-state index is 0.0345. The number of halogens is 3. The van der Waals surface area contributed by atoms with Gasteiger partial charge >= 0.3 is 12.1 Å². The van der Waals surface area contributed by atoms with Crippen molar-refractivity contribution in [2.24, 2.45) is 0 Å². The van der Waals surface area contributed by atoms with Crippen LogP contribution < -0.4 is 10.6 Å². The average Bonchev–Trinajstić information content (AvgIpc) is 3.12. The number of carboxylic acid groups (broad SMARTS) is 1. The van der Waals surface area contributed by atoms with Crippen molar-refractivity contribution in [2.45, 2.75) is 32.5 Å². The minimum Gasteiger partial charge on any atom is -0.478 e. The number of hydrogen-bond acceptors (Lipinski definition) is 4. The minimum atomic E-state index is -4.51. The predicted octanol–water partition coefficient (Wildman–Crippen LogP) is 5.27. The van der Waals surface area contributed by atoms with Crippen molar-refractivity contribution in [3.05, 3.63) is 87.3 Å². The van der Waals surface area contributed by atoms with E-state index in [1.165, 1.54) is 19.1 Å². The van der Waals surface area contributed by atoms with Gasteiger partial charge in [-0.15, -0.1) is 11.3 Å². The Kier molecular flexibility index (Phi) is 7.72. The quantitative estimate of drug-likeness (QED) is 0.401. The lowest BCUT2D eigenvalue weighted by Crippen LogP contribution is -2.23. The summed E-state index contributed by atoms with van der Waals surface area (Å²) in [5, 5.41) is 14.7. The summed E-state index contributed by atoms with van der Waals surface area (Å²) in [7, 11) is 0. The highest BCUT2D eigenvalue weighted by molar-refractivity contribution is 7.18. The maximum atomic E-state index is 12.9. The molecule has 0 aliphatic rings. The monoisotopic (exact) mass is 490 g/mol. The fourth-order valence-corrected chi connectivity index (χ4v) is 4.42. The molecule has 0 fully saturated rings. The molecule has 6 nitrogen and oxygen atoms in total. The third-order valence-electron chi connectivity index (χ3n) is 5.01. The Bertz CT molecular complexity index is 1210. The number of carbonyl (C=O) groups is 3. The van der Waals surface area contributed by atoms with E-state index < -0.39 is 29.5 Å². The molecule has 0 aliphatic heterocycles. The average molecular weight is 491 g/mol. The van der Waals surface area contributed by atoms with Gasteiger partial charge in [-0.3, -0.25) is 9.59 Å². The standard InChI is InChI=1S/C24H21F3N2O4S/c1-14-19(23(32)33)22(29-18(30)11-10-15-6-3-2-4-7-15)34-20(14)21(31)28-13-16-8-5-9-17(12-16)24(25,26)27/h2-9,12H,10-11,13H2,1H3,(H,28,31)(H,29,30)(H,32,33). The first-order valence-corrected chi connectivity index (χ1v) is 11.0. The molecule has 0 spiro atoms. The Morgan fingerprint density at radius 2 is 1.68 bits per heavy atom. The van der Waals surface area contributed by atoms with E-state index in [4.69, 9.17) is 0 Å². The predicted molar refractivity (Wildman–Crippen MR) is 122 cm³/mol. The Labute approximate surface area is 197 Å². The maximum Gasteiger partial charge on any atom is 0.416 e. The van der Waals surface area contributed by atoms with Gasteiger partial charge in [-0.05, 0) is 42.2 Å². The fraction of sp³-hybridized carbons (Fsp3) is 0.208. The summed E-state index contributed by atoms with van der Waals surface area (Å²) in [6, 6.07) is 13.9. The molecule has 1 heterocycles. The van der Waals surface area contributed by atoms with Crippen molar-refractivity contribution in [3.63, 3.8) is 0 Å². The zero-order valence-electron chi connectivity index (χ0n) is 18.0. The SMILES string of the molecule is Cc1c(C(=O)NCc2cccc(C(F)(F)F)c2)sc(NC(=O)CCc2ccccc2)c1C(=O)O. The molecule has 0 atom stereocenters. The molecule has 178 valence electrons. The summed E-state index contributed by atoms with van der Waals surface area (Å²) >= 11 is 0.810. The van der Waals surface area contributed by atoms with E-state index in [1.807, 2.05) is 30.3 Å². The van der Waals surface area contributed by atoms with Crippen LogP contribution in [0.5, 0.6) is 0 Å². The lowest BCUT2D eigenvalue weighted by molar-refractivity contribution is -0.137. The number of benzene rings is 2. The number of hydrogen-bond donors (Lipinski definition) is 3. The van der Waals surface area contributed by atoms with Crippen LogP contribution in [0.15, 0.2) is 54.6 Å². The van der Waals surface area contributed by atoms with Gasteiger partial charge in [-0.25, -0.2) is 4.79 Å². The second kappa shape index (κ2) is 10.5. The molecule has 3 aromatic rings. The Morgan fingerprint density at radius 1 is 1.00 bits per heavy atom. The highest BCUT2D eigenvalue weighted by atomic mass is 32.1. The number of thiophene rings is 1. The zero-order valence-corrected chi connectivity index (χ0v) is 18.8. The van der Waals surface area contributed by atoms with Crippen LogP contribution in [-0.4, -0.2) is 22.9 Å². The summed E-state index contributed by atoms with van der Waals surface area (Å²) in [5.41, 5.74) is 0.332. The smallest absolute Gasteiger partial charge is 0.416 e. The maximum absolute atomic E-state index is 12.9. The molecule has 0 bridgehead atoms. The van der Waals surface area contributed by atoms with Crippen molar-refractivity contribution < 1.29 is 32.7 Å². The molecule has 34 heavy (non-hydrogen) atoms. The highest BCUT2D eigenvalue weighted by Gasteiger charge is 2.30. The van der Waals surface area contributed by atoms with E-state index >= 15 is 0 Å². The molecule has 0 aliphatic carbocycles. The van der Waals surface area contributed by atoms with Gasteiger partial charge in [-0.1, -0.05) is 42.5 Å². The second-order valence-corrected chi connectivity index (χ2v) is 8.50. The molecule has 0 unspecified atom stereocenters. The van der Waals surface area contributed by atoms with Crippen molar-refractivity contribution in [3.8, 4) is 0 Å². The lowest BCUT2D eigenvalue weighted by atomic mass is 10.1. The van der Waals surface area contributed by atoms with E-state index in [0.717, 1.165) is 29.0 Å². The second-order valence-electron chi connectivity index (χ2n) is 7.48. The summed E-state index contributed by atoms with van der Waals surface area (Å²) < 4.78 is 38.7. The molecule has 3 rings (SSSR count). The molecule has 3 N–H and O–H groups in total. The van der Waals surface area contributed by atoms with Gasteiger partial charge in [0.15, 0.2) is 0 Å². The molecule has 2 amide bonds. The molecular formula is C24H21F3N2O4S. The summed E-state index contributed by atoms with van der Waals surface area (Å²) in [5.74, 6) is -2.35. The van der Waals surface area contributed by atoms with Crippen LogP contribution in [0.25, 0.3) is 0 Å². The van der Waals surface area contributed by atoms with Crippen LogP contribution in [0.4, 0.5) is 18.2 Å². The first-order chi connectivity index (χ1) is 16.1. The van der Waals surface area contributed by atoms with Crippen molar-refractivity contribution >= 4 is 34.1 Å². The van der Waals surface area contributed by atoms with E-state index in [0.29, 0.717) is 6.42 Å². The van der Waals surface area contributed by atoms with Gasteiger partial charge in [0.2, 0.25) is 5.91 Å². The number of carbonyl (C=O) groups excluding carboxylic acids is 2. The van der Waals surface area contributed by atoms with Gasteiger partial charge in [0.1, 0.15) is 5.00 Å². The summed E-state index contributed by atoms with van der Waals surface area (Å²) in [6.45, 7) is 1.26. The van der Waals surface area contributed by atoms with Crippen LogP contribution >= 0.6 is 11.3 Å². The number of aryl methyl sites for hydroxylation is 1. The number of aromatic carboxylic acids is 1. The summed E-state index contributed by atoms with van der Waals surface area (Å²) in [6.07, 6.45) is -3.92. The molecule has 10 heteroatoms. The van der Waals surface area contributed by atoms with Crippen LogP contribution in [0, 0.1) is 6.92 Å². The van der Waals surface area contributed by atoms with Crippen molar-refractivity contribution in [2.75, 3.05) is 5.32 Å². The van der Waals surface area contributed by atoms with Gasteiger partial charge in [0.05, 0.1) is 16.0 Å². The van der Waals surface area contributed by atoms with E-state index in [-0.39, 0.29) is 39.5 Å². The number of anilines is 1. The van der Waals surface area contributed by atoms with Crippen molar-refractivity contribution in [1.82, 2.24) is 5.32 Å². The first-order valence-electron chi connectivity index (χ1n) is 10.2. The first kappa shape index (κ1) is 25.0. The molecule has 0 saturated carbocycles. The fourth-order valence-electron chi connectivity index (χ4n) is 3.29. The van der Waals surface area contributed by atoms with E-state index in [2.05, 4.69) is 10.6 Å². The molecule has 1 aromatic heterocycles. The lowest BCUT2D eigenvalue weighted by Gasteiger charge is -2.09. The molecule has 0 radical (unpaired) electrons. The normalized spacial score (nSPS) is 11.2. The topological polar surface area (TPSA) is 95.5 Å².